The van der Waals surface area contributed by atoms with E-state index < -0.39 is 10.0 Å². The maximum atomic E-state index is 12.8. The summed E-state index contributed by atoms with van der Waals surface area (Å²) in [6, 6.07) is 4.43. The van der Waals surface area contributed by atoms with Crippen molar-refractivity contribution in [3.63, 3.8) is 0 Å². The summed E-state index contributed by atoms with van der Waals surface area (Å²) >= 11 is 6.10. The van der Waals surface area contributed by atoms with Crippen LogP contribution in [-0.4, -0.2) is 37.8 Å². The molecule has 1 aromatic carbocycles. The molecule has 23 heavy (non-hydrogen) atoms. The van der Waals surface area contributed by atoms with Crippen LogP contribution in [0.4, 0.5) is 0 Å². The highest BCUT2D eigenvalue weighted by Crippen LogP contribution is 2.27. The molecule has 0 aliphatic carbocycles. The molecule has 1 amide bonds. The number of hydrogen-bond donors (Lipinski definition) is 1. The highest BCUT2D eigenvalue weighted by Gasteiger charge is 2.28. The molecule has 1 aromatic rings. The highest BCUT2D eigenvalue weighted by atomic mass is 35.5. The zero-order valence-corrected chi connectivity index (χ0v) is 15.1. The number of nitrogens with one attached hydrogen (secondary N) is 1. The zero-order chi connectivity index (χ0) is 17.0. The summed E-state index contributed by atoms with van der Waals surface area (Å²) in [5.74, 6) is -0.286. The van der Waals surface area contributed by atoms with Crippen LogP contribution < -0.4 is 5.32 Å². The first-order valence-electron chi connectivity index (χ1n) is 7.97. The van der Waals surface area contributed by atoms with Crippen LogP contribution in [0.3, 0.4) is 0 Å². The predicted octanol–water partition coefficient (Wildman–Crippen LogP) is 3.04. The van der Waals surface area contributed by atoms with E-state index in [0.717, 1.165) is 25.7 Å². The van der Waals surface area contributed by atoms with E-state index in [1.165, 1.54) is 16.4 Å². The first kappa shape index (κ1) is 18.2. The van der Waals surface area contributed by atoms with Crippen molar-refractivity contribution in [1.29, 1.82) is 0 Å². The van der Waals surface area contributed by atoms with Gasteiger partial charge in [0, 0.05) is 24.7 Å². The SMILES string of the molecule is CC[C@@H](C)NC(=O)c1ccc(Cl)c(S(=O)(=O)N2CCCCC2)c1. The van der Waals surface area contributed by atoms with Gasteiger partial charge in [-0.15, -0.1) is 0 Å². The van der Waals surface area contributed by atoms with Gasteiger partial charge in [-0.1, -0.05) is 24.9 Å². The Morgan fingerprint density at radius 2 is 1.96 bits per heavy atom. The zero-order valence-electron chi connectivity index (χ0n) is 13.5. The number of benzene rings is 1. The number of hydrogen-bond acceptors (Lipinski definition) is 3. The molecule has 128 valence electrons. The molecule has 0 radical (unpaired) electrons. The van der Waals surface area contributed by atoms with E-state index in [0.29, 0.717) is 18.7 Å². The molecule has 5 nitrogen and oxygen atoms in total. The van der Waals surface area contributed by atoms with Gasteiger partial charge in [0.15, 0.2) is 0 Å². The summed E-state index contributed by atoms with van der Waals surface area (Å²) in [5, 5.41) is 2.98. The third-order valence-electron chi connectivity index (χ3n) is 4.12. The smallest absolute Gasteiger partial charge is 0.251 e. The molecule has 0 spiro atoms. The highest BCUT2D eigenvalue weighted by molar-refractivity contribution is 7.89. The van der Waals surface area contributed by atoms with Crippen LogP contribution in [-0.2, 0) is 10.0 Å². The lowest BCUT2D eigenvalue weighted by Gasteiger charge is -2.26. The standard InChI is InChI=1S/C16H23ClN2O3S/c1-3-12(2)18-16(20)13-7-8-14(17)15(11-13)23(21,22)19-9-5-4-6-10-19/h7-8,11-12H,3-6,9-10H2,1-2H3,(H,18,20)/t12-/m1/s1. The maximum absolute atomic E-state index is 12.8. The fourth-order valence-corrected chi connectivity index (χ4v) is 4.51. The molecular formula is C16H23ClN2O3S. The molecule has 0 saturated carbocycles. The quantitative estimate of drug-likeness (QED) is 0.879. The van der Waals surface area contributed by atoms with E-state index in [1.807, 2.05) is 13.8 Å². The third-order valence-corrected chi connectivity index (χ3v) is 6.50. The van der Waals surface area contributed by atoms with E-state index in [2.05, 4.69) is 5.32 Å². The van der Waals surface area contributed by atoms with E-state index >= 15 is 0 Å². The van der Waals surface area contributed by atoms with Crippen molar-refractivity contribution in [2.75, 3.05) is 13.1 Å². The lowest BCUT2D eigenvalue weighted by Crippen LogP contribution is -2.36. The lowest BCUT2D eigenvalue weighted by atomic mass is 10.2. The first-order valence-corrected chi connectivity index (χ1v) is 9.78. The average Bonchev–Trinajstić information content (AvgIpc) is 2.55. The molecule has 0 unspecified atom stereocenters. The maximum Gasteiger partial charge on any atom is 0.251 e. The average molecular weight is 359 g/mol. The van der Waals surface area contributed by atoms with Crippen molar-refractivity contribution in [3.8, 4) is 0 Å². The van der Waals surface area contributed by atoms with Crippen LogP contribution in [0, 0.1) is 0 Å². The van der Waals surface area contributed by atoms with Crippen LogP contribution in [0.15, 0.2) is 23.1 Å². The lowest BCUT2D eigenvalue weighted by molar-refractivity contribution is 0.0939. The molecule has 1 aliphatic heterocycles. The van der Waals surface area contributed by atoms with Gasteiger partial charge in [-0.3, -0.25) is 4.79 Å². The van der Waals surface area contributed by atoms with Gasteiger partial charge < -0.3 is 5.32 Å². The molecule has 7 heteroatoms. The third kappa shape index (κ3) is 4.25. The van der Waals surface area contributed by atoms with Gasteiger partial charge in [0.1, 0.15) is 4.90 Å². The van der Waals surface area contributed by atoms with Crippen molar-refractivity contribution in [1.82, 2.24) is 9.62 Å². The van der Waals surface area contributed by atoms with Crippen LogP contribution >= 0.6 is 11.6 Å². The minimum atomic E-state index is -3.66. The van der Waals surface area contributed by atoms with Crippen LogP contribution in [0.25, 0.3) is 0 Å². The molecule has 1 saturated heterocycles. The van der Waals surface area contributed by atoms with E-state index in [4.69, 9.17) is 11.6 Å². The second kappa shape index (κ2) is 7.64. The predicted molar refractivity (Wildman–Crippen MR) is 91.3 cm³/mol. The van der Waals surface area contributed by atoms with Gasteiger partial charge in [0.05, 0.1) is 5.02 Å². The molecule has 1 fully saturated rings. The summed E-state index contributed by atoms with van der Waals surface area (Å²) in [4.78, 5) is 12.2. The van der Waals surface area contributed by atoms with Crippen molar-refractivity contribution in [2.45, 2.75) is 50.5 Å². The molecule has 1 aliphatic rings. The number of rotatable bonds is 5. The fourth-order valence-electron chi connectivity index (χ4n) is 2.50. The summed E-state index contributed by atoms with van der Waals surface area (Å²) in [5.41, 5.74) is 0.310. The van der Waals surface area contributed by atoms with Gasteiger partial charge >= 0.3 is 0 Å². The summed E-state index contributed by atoms with van der Waals surface area (Å²) in [6.07, 6.45) is 3.55. The Bertz CT molecular complexity index is 670. The van der Waals surface area contributed by atoms with Crippen LogP contribution in [0.1, 0.15) is 49.9 Å². The Labute approximate surface area is 143 Å². The molecular weight excluding hydrogens is 336 g/mol. The van der Waals surface area contributed by atoms with Gasteiger partial charge in [0.2, 0.25) is 10.0 Å². The van der Waals surface area contributed by atoms with Gasteiger partial charge in [-0.2, -0.15) is 4.31 Å². The molecule has 0 bridgehead atoms. The first-order chi connectivity index (χ1) is 10.9. The number of carbonyl (C=O) groups excluding carboxylic acids is 1. The Hall–Kier alpha value is -1.11. The normalized spacial score (nSPS) is 17.7. The number of nitrogens with zero attached hydrogens (tertiary/aromatic N) is 1. The van der Waals surface area contributed by atoms with Crippen LogP contribution in [0.5, 0.6) is 0 Å². The van der Waals surface area contributed by atoms with E-state index in [-0.39, 0.29) is 21.9 Å². The van der Waals surface area contributed by atoms with Crippen LogP contribution in [0.2, 0.25) is 5.02 Å². The molecule has 0 aromatic heterocycles. The van der Waals surface area contributed by atoms with Gasteiger partial charge in [-0.05, 0) is 44.4 Å². The number of piperidine rings is 1. The van der Waals surface area contributed by atoms with E-state index in [1.54, 1.807) is 6.07 Å². The molecule has 1 N–H and O–H groups in total. The Morgan fingerprint density at radius 3 is 2.57 bits per heavy atom. The van der Waals surface area contributed by atoms with Crippen molar-refractivity contribution in [2.24, 2.45) is 0 Å². The Balaban J connectivity index is 2.31. The van der Waals surface area contributed by atoms with Gasteiger partial charge in [0.25, 0.3) is 5.91 Å². The molecule has 2 rings (SSSR count). The van der Waals surface area contributed by atoms with Crippen molar-refractivity contribution in [3.05, 3.63) is 28.8 Å². The van der Waals surface area contributed by atoms with E-state index in [9.17, 15) is 13.2 Å². The summed E-state index contributed by atoms with van der Waals surface area (Å²) in [7, 11) is -3.66. The largest absolute Gasteiger partial charge is 0.350 e. The fraction of sp³-hybridized carbons (Fsp3) is 0.562. The Morgan fingerprint density at radius 1 is 1.30 bits per heavy atom. The minimum absolute atomic E-state index is 0.0119. The summed E-state index contributed by atoms with van der Waals surface area (Å²) < 4.78 is 27.0. The number of amides is 1. The molecule has 1 atom stereocenters. The number of halogens is 1. The van der Waals surface area contributed by atoms with Gasteiger partial charge in [-0.25, -0.2) is 8.42 Å². The van der Waals surface area contributed by atoms with Crippen molar-refractivity contribution >= 4 is 27.5 Å². The molecule has 1 heterocycles. The number of carbonyl (C=O) groups is 1. The Kier molecular flexibility index (Phi) is 6.06. The topological polar surface area (TPSA) is 66.5 Å². The number of sulfonamides is 1. The monoisotopic (exact) mass is 358 g/mol. The second-order valence-electron chi connectivity index (χ2n) is 5.89. The summed E-state index contributed by atoms with van der Waals surface area (Å²) in [6.45, 7) is 4.88. The van der Waals surface area contributed by atoms with Crippen molar-refractivity contribution < 1.29 is 13.2 Å². The second-order valence-corrected chi connectivity index (χ2v) is 8.21. The minimum Gasteiger partial charge on any atom is -0.350 e.